The largest absolute Gasteiger partial charge is 0.492 e. The third kappa shape index (κ3) is 3.37. The van der Waals surface area contributed by atoms with Gasteiger partial charge in [-0.15, -0.1) is 0 Å². The minimum atomic E-state index is -0.606. The number of ether oxygens (including phenoxy) is 1. The first-order valence-electron chi connectivity index (χ1n) is 8.04. The molecule has 1 N–H and O–H groups in total. The number of nitrogens with zero attached hydrogens (tertiary/aromatic N) is 2. The van der Waals surface area contributed by atoms with Gasteiger partial charge in [0.1, 0.15) is 24.3 Å². The molecular weight excluding hydrogens is 288 g/mol. The standard InChI is InChI=1S/C19H22N2O2/c1-3-15-7-6-8-16(13-15)23-12-11-21-18-10-5-4-9-17(18)20-19(21)14(2)22/h4-10,13-14,22H,3,11-12H2,1-2H3. The number of imidazole rings is 1. The van der Waals surface area contributed by atoms with Gasteiger partial charge in [-0.2, -0.15) is 0 Å². The molecule has 1 unspecified atom stereocenters. The molecule has 0 saturated heterocycles. The van der Waals surface area contributed by atoms with Crippen LogP contribution < -0.4 is 4.74 Å². The Morgan fingerprint density at radius 2 is 2.00 bits per heavy atom. The molecule has 23 heavy (non-hydrogen) atoms. The fourth-order valence-electron chi connectivity index (χ4n) is 2.76. The summed E-state index contributed by atoms with van der Waals surface area (Å²) in [5.74, 6) is 1.56. The first kappa shape index (κ1) is 15.6. The van der Waals surface area contributed by atoms with E-state index in [-0.39, 0.29) is 0 Å². The van der Waals surface area contributed by atoms with Crippen LogP contribution >= 0.6 is 0 Å². The number of aliphatic hydroxyl groups is 1. The van der Waals surface area contributed by atoms with Crippen LogP contribution in [0, 0.1) is 0 Å². The second kappa shape index (κ2) is 6.84. The molecule has 0 fully saturated rings. The van der Waals surface area contributed by atoms with Gasteiger partial charge < -0.3 is 14.4 Å². The Kier molecular flexibility index (Phi) is 4.63. The Morgan fingerprint density at radius 3 is 2.78 bits per heavy atom. The number of hydrogen-bond donors (Lipinski definition) is 1. The van der Waals surface area contributed by atoms with Crippen LogP contribution in [0.25, 0.3) is 11.0 Å². The Morgan fingerprint density at radius 1 is 1.17 bits per heavy atom. The number of hydrogen-bond acceptors (Lipinski definition) is 3. The van der Waals surface area contributed by atoms with Crippen molar-refractivity contribution in [3.8, 4) is 5.75 Å². The second-order valence-electron chi connectivity index (χ2n) is 5.64. The highest BCUT2D eigenvalue weighted by Crippen LogP contribution is 2.21. The van der Waals surface area contributed by atoms with E-state index in [1.165, 1.54) is 5.56 Å². The van der Waals surface area contributed by atoms with Crippen LogP contribution in [0.5, 0.6) is 5.75 Å². The summed E-state index contributed by atoms with van der Waals surface area (Å²) in [6.45, 7) is 5.05. The van der Waals surface area contributed by atoms with Gasteiger partial charge in [-0.05, 0) is 43.2 Å². The van der Waals surface area contributed by atoms with Gasteiger partial charge >= 0.3 is 0 Å². The zero-order valence-corrected chi connectivity index (χ0v) is 13.6. The molecule has 4 nitrogen and oxygen atoms in total. The van der Waals surface area contributed by atoms with Gasteiger partial charge in [0.15, 0.2) is 0 Å². The average Bonchev–Trinajstić information content (AvgIpc) is 2.94. The van der Waals surface area contributed by atoms with Crippen LogP contribution in [-0.2, 0) is 13.0 Å². The quantitative estimate of drug-likeness (QED) is 0.754. The van der Waals surface area contributed by atoms with E-state index in [0.717, 1.165) is 23.2 Å². The van der Waals surface area contributed by atoms with Gasteiger partial charge in [-0.3, -0.25) is 0 Å². The molecule has 0 aliphatic carbocycles. The van der Waals surface area contributed by atoms with E-state index in [1.807, 2.05) is 41.0 Å². The molecule has 4 heteroatoms. The molecule has 1 aromatic heterocycles. The van der Waals surface area contributed by atoms with Crippen LogP contribution in [0.1, 0.15) is 31.3 Å². The molecular formula is C19H22N2O2. The monoisotopic (exact) mass is 310 g/mol. The number of fused-ring (bicyclic) bond motifs is 1. The van der Waals surface area contributed by atoms with Gasteiger partial charge in [0.2, 0.25) is 0 Å². The van der Waals surface area contributed by atoms with Gasteiger partial charge in [-0.25, -0.2) is 4.98 Å². The summed E-state index contributed by atoms with van der Waals surface area (Å²) in [5.41, 5.74) is 3.19. The van der Waals surface area contributed by atoms with E-state index in [0.29, 0.717) is 19.0 Å². The summed E-state index contributed by atoms with van der Waals surface area (Å²) >= 11 is 0. The summed E-state index contributed by atoms with van der Waals surface area (Å²) in [6.07, 6.45) is 0.390. The maximum absolute atomic E-state index is 9.97. The number of para-hydroxylation sites is 2. The Balaban J connectivity index is 1.77. The summed E-state index contributed by atoms with van der Waals surface area (Å²) < 4.78 is 7.91. The van der Waals surface area contributed by atoms with Crippen molar-refractivity contribution >= 4 is 11.0 Å². The predicted octanol–water partition coefficient (Wildman–Crippen LogP) is 3.73. The van der Waals surface area contributed by atoms with Crippen LogP contribution in [0.15, 0.2) is 48.5 Å². The molecule has 3 aromatic rings. The number of rotatable bonds is 6. The zero-order valence-electron chi connectivity index (χ0n) is 13.6. The molecule has 0 aliphatic heterocycles. The number of aryl methyl sites for hydroxylation is 1. The molecule has 1 atom stereocenters. The molecule has 120 valence electrons. The number of benzene rings is 2. The van der Waals surface area contributed by atoms with E-state index in [1.54, 1.807) is 6.92 Å². The van der Waals surface area contributed by atoms with Crippen molar-refractivity contribution in [2.45, 2.75) is 32.9 Å². The topological polar surface area (TPSA) is 47.3 Å². The minimum Gasteiger partial charge on any atom is -0.492 e. The summed E-state index contributed by atoms with van der Waals surface area (Å²) in [6, 6.07) is 16.1. The molecule has 0 spiro atoms. The lowest BCUT2D eigenvalue weighted by molar-refractivity contribution is 0.181. The van der Waals surface area contributed by atoms with Gasteiger partial charge in [0.25, 0.3) is 0 Å². The Hall–Kier alpha value is -2.33. The predicted molar refractivity (Wildman–Crippen MR) is 91.7 cm³/mol. The van der Waals surface area contributed by atoms with Crippen LogP contribution in [-0.4, -0.2) is 21.3 Å². The lowest BCUT2D eigenvalue weighted by Gasteiger charge is -2.12. The molecule has 0 aliphatic rings. The SMILES string of the molecule is CCc1cccc(OCCn2c(C(C)O)nc3ccccc32)c1. The minimum absolute atomic E-state index is 0.535. The van der Waals surface area contributed by atoms with Crippen molar-refractivity contribution < 1.29 is 9.84 Å². The highest BCUT2D eigenvalue weighted by atomic mass is 16.5. The fraction of sp³-hybridized carbons (Fsp3) is 0.316. The van der Waals surface area contributed by atoms with Crippen molar-refractivity contribution in [1.29, 1.82) is 0 Å². The van der Waals surface area contributed by atoms with Crippen LogP contribution in [0.4, 0.5) is 0 Å². The molecule has 2 aromatic carbocycles. The smallest absolute Gasteiger partial charge is 0.138 e. The van der Waals surface area contributed by atoms with Crippen molar-refractivity contribution in [2.24, 2.45) is 0 Å². The summed E-state index contributed by atoms with van der Waals surface area (Å²) in [7, 11) is 0. The second-order valence-corrected chi connectivity index (χ2v) is 5.64. The van der Waals surface area contributed by atoms with Crippen molar-refractivity contribution in [3.05, 3.63) is 59.9 Å². The van der Waals surface area contributed by atoms with Crippen molar-refractivity contribution in [3.63, 3.8) is 0 Å². The average molecular weight is 310 g/mol. The van der Waals surface area contributed by atoms with Crippen molar-refractivity contribution in [1.82, 2.24) is 9.55 Å². The lowest BCUT2D eigenvalue weighted by Crippen LogP contribution is -2.12. The van der Waals surface area contributed by atoms with Gasteiger partial charge in [0, 0.05) is 0 Å². The molecule has 0 bridgehead atoms. The van der Waals surface area contributed by atoms with E-state index >= 15 is 0 Å². The summed E-state index contributed by atoms with van der Waals surface area (Å²) in [4.78, 5) is 4.52. The van der Waals surface area contributed by atoms with Crippen LogP contribution in [0.2, 0.25) is 0 Å². The third-order valence-corrected chi connectivity index (χ3v) is 3.95. The molecule has 0 amide bonds. The van der Waals surface area contributed by atoms with Crippen molar-refractivity contribution in [2.75, 3.05) is 6.61 Å². The summed E-state index contributed by atoms with van der Waals surface area (Å²) in [5, 5.41) is 9.97. The third-order valence-electron chi connectivity index (χ3n) is 3.95. The normalized spacial score (nSPS) is 12.5. The van der Waals surface area contributed by atoms with Gasteiger partial charge in [-0.1, -0.05) is 31.2 Å². The van der Waals surface area contributed by atoms with Crippen LogP contribution in [0.3, 0.4) is 0 Å². The van der Waals surface area contributed by atoms with E-state index < -0.39 is 6.10 Å². The Bertz CT molecular complexity index is 793. The first-order chi connectivity index (χ1) is 11.2. The van der Waals surface area contributed by atoms with E-state index in [9.17, 15) is 5.11 Å². The van der Waals surface area contributed by atoms with E-state index in [4.69, 9.17) is 4.74 Å². The number of aromatic nitrogens is 2. The number of aliphatic hydroxyl groups excluding tert-OH is 1. The maximum atomic E-state index is 9.97. The fourth-order valence-corrected chi connectivity index (χ4v) is 2.76. The molecule has 0 radical (unpaired) electrons. The van der Waals surface area contributed by atoms with Gasteiger partial charge in [0.05, 0.1) is 17.6 Å². The van der Waals surface area contributed by atoms with E-state index in [2.05, 4.69) is 24.0 Å². The highest BCUT2D eigenvalue weighted by Gasteiger charge is 2.14. The Labute approximate surface area is 136 Å². The molecule has 3 rings (SSSR count). The molecule has 1 heterocycles. The molecule has 0 saturated carbocycles. The highest BCUT2D eigenvalue weighted by molar-refractivity contribution is 5.76. The lowest BCUT2D eigenvalue weighted by atomic mass is 10.2. The maximum Gasteiger partial charge on any atom is 0.138 e. The zero-order chi connectivity index (χ0) is 16.2. The first-order valence-corrected chi connectivity index (χ1v) is 8.04.